The number of fused-ring (bicyclic) bond motifs is 3. The van der Waals surface area contributed by atoms with E-state index in [1.807, 2.05) is 18.3 Å². The van der Waals surface area contributed by atoms with Gasteiger partial charge in [0.1, 0.15) is 5.65 Å². The molecule has 7 heteroatoms. The minimum atomic E-state index is -0.850. The minimum absolute atomic E-state index is 0.514. The van der Waals surface area contributed by atoms with E-state index in [0.29, 0.717) is 26.2 Å². The fourth-order valence-electron chi connectivity index (χ4n) is 3.04. The lowest BCUT2D eigenvalue weighted by Gasteiger charge is -2.35. The summed E-state index contributed by atoms with van der Waals surface area (Å²) in [5.74, 6) is 0. The van der Waals surface area contributed by atoms with Crippen LogP contribution < -0.4 is 4.90 Å². The first-order valence-electron chi connectivity index (χ1n) is 7.17. The minimum Gasteiger partial charge on any atom is -0.465 e. The molecule has 0 atom stereocenters. The summed E-state index contributed by atoms with van der Waals surface area (Å²) in [6.45, 7) is 2.39. The normalized spacial score (nSPS) is 15.6. The molecule has 3 aromatic rings. The summed E-state index contributed by atoms with van der Waals surface area (Å²) < 4.78 is 0. The molecule has 22 heavy (non-hydrogen) atoms. The molecule has 0 radical (unpaired) electrons. The maximum absolute atomic E-state index is 11.0. The van der Waals surface area contributed by atoms with Crippen molar-refractivity contribution in [1.82, 2.24) is 19.9 Å². The molecule has 0 unspecified atom stereocenters. The van der Waals surface area contributed by atoms with Crippen LogP contribution in [0.3, 0.4) is 0 Å². The van der Waals surface area contributed by atoms with E-state index in [1.54, 1.807) is 12.4 Å². The number of aromatic amines is 1. The van der Waals surface area contributed by atoms with Crippen LogP contribution in [0.25, 0.3) is 21.9 Å². The summed E-state index contributed by atoms with van der Waals surface area (Å²) in [6, 6.07) is 3.99. The molecular weight excluding hydrogens is 282 g/mol. The first-order chi connectivity index (χ1) is 10.7. The van der Waals surface area contributed by atoms with E-state index in [1.165, 1.54) is 4.90 Å². The van der Waals surface area contributed by atoms with Gasteiger partial charge in [-0.2, -0.15) is 0 Å². The van der Waals surface area contributed by atoms with Crippen molar-refractivity contribution in [3.05, 3.63) is 30.7 Å². The lowest BCUT2D eigenvalue weighted by Crippen LogP contribution is -2.48. The Bertz CT molecular complexity index is 851. The molecule has 7 nitrogen and oxygen atoms in total. The predicted octanol–water partition coefficient (Wildman–Crippen LogP) is 1.91. The van der Waals surface area contributed by atoms with E-state index in [9.17, 15) is 4.79 Å². The van der Waals surface area contributed by atoms with Crippen molar-refractivity contribution in [2.24, 2.45) is 0 Å². The SMILES string of the molecule is O=C(O)N1CCN(c2ccnc3cnc4[nH]ccc4c23)CC1. The summed E-state index contributed by atoms with van der Waals surface area (Å²) in [6.07, 6.45) is 4.57. The zero-order valence-electron chi connectivity index (χ0n) is 11.9. The van der Waals surface area contributed by atoms with Crippen LogP contribution >= 0.6 is 0 Å². The molecule has 1 aliphatic rings. The van der Waals surface area contributed by atoms with Crippen LogP contribution in [0.4, 0.5) is 10.5 Å². The Morgan fingerprint density at radius 3 is 2.77 bits per heavy atom. The van der Waals surface area contributed by atoms with Crippen molar-refractivity contribution in [3.63, 3.8) is 0 Å². The van der Waals surface area contributed by atoms with E-state index < -0.39 is 6.09 Å². The van der Waals surface area contributed by atoms with Gasteiger partial charge in [0.05, 0.1) is 11.7 Å². The van der Waals surface area contributed by atoms with E-state index in [0.717, 1.165) is 27.6 Å². The number of hydrogen-bond acceptors (Lipinski definition) is 4. The van der Waals surface area contributed by atoms with Gasteiger partial charge in [0.15, 0.2) is 0 Å². The van der Waals surface area contributed by atoms with Gasteiger partial charge >= 0.3 is 6.09 Å². The second-order valence-electron chi connectivity index (χ2n) is 5.35. The Morgan fingerprint density at radius 2 is 2.00 bits per heavy atom. The van der Waals surface area contributed by atoms with Gasteiger partial charge in [-0.25, -0.2) is 9.78 Å². The van der Waals surface area contributed by atoms with Crippen molar-refractivity contribution in [2.75, 3.05) is 31.1 Å². The summed E-state index contributed by atoms with van der Waals surface area (Å²) in [5, 5.41) is 11.2. The van der Waals surface area contributed by atoms with Crippen LogP contribution in [0.1, 0.15) is 0 Å². The Kier molecular flexibility index (Phi) is 2.85. The first-order valence-corrected chi connectivity index (χ1v) is 7.17. The second-order valence-corrected chi connectivity index (χ2v) is 5.35. The van der Waals surface area contributed by atoms with Crippen molar-refractivity contribution in [1.29, 1.82) is 0 Å². The molecular formula is C15H15N5O2. The van der Waals surface area contributed by atoms with Crippen molar-refractivity contribution in [3.8, 4) is 0 Å². The van der Waals surface area contributed by atoms with Gasteiger partial charge in [-0.05, 0) is 12.1 Å². The van der Waals surface area contributed by atoms with Gasteiger partial charge in [0.2, 0.25) is 0 Å². The highest BCUT2D eigenvalue weighted by Crippen LogP contribution is 2.31. The molecule has 0 saturated carbocycles. The predicted molar refractivity (Wildman–Crippen MR) is 83.2 cm³/mol. The lowest BCUT2D eigenvalue weighted by molar-refractivity contribution is 0.142. The van der Waals surface area contributed by atoms with Gasteiger partial charge in [-0.15, -0.1) is 0 Å². The largest absolute Gasteiger partial charge is 0.465 e. The number of pyridine rings is 2. The van der Waals surface area contributed by atoms with Gasteiger partial charge < -0.3 is 19.9 Å². The number of nitrogens with one attached hydrogen (secondary N) is 1. The van der Waals surface area contributed by atoms with E-state index in [2.05, 4.69) is 19.9 Å². The molecule has 2 N–H and O–H groups in total. The fraction of sp³-hybridized carbons (Fsp3) is 0.267. The monoisotopic (exact) mass is 297 g/mol. The molecule has 1 saturated heterocycles. The molecule has 0 aromatic carbocycles. The molecule has 1 amide bonds. The van der Waals surface area contributed by atoms with Gasteiger partial charge in [0.25, 0.3) is 0 Å². The third-order valence-electron chi connectivity index (χ3n) is 4.16. The van der Waals surface area contributed by atoms with Crippen molar-refractivity contribution >= 4 is 33.7 Å². The number of anilines is 1. The Hall–Kier alpha value is -2.83. The molecule has 4 rings (SSSR count). The van der Waals surface area contributed by atoms with Crippen molar-refractivity contribution in [2.45, 2.75) is 0 Å². The number of hydrogen-bond donors (Lipinski definition) is 2. The number of carboxylic acid groups (broad SMARTS) is 1. The molecule has 0 aliphatic carbocycles. The summed E-state index contributed by atoms with van der Waals surface area (Å²) >= 11 is 0. The summed E-state index contributed by atoms with van der Waals surface area (Å²) in [5.41, 5.74) is 2.78. The molecule has 3 aromatic heterocycles. The molecule has 112 valence electrons. The number of nitrogens with zero attached hydrogens (tertiary/aromatic N) is 4. The van der Waals surface area contributed by atoms with E-state index >= 15 is 0 Å². The standard InChI is InChI=1S/C15H15N5O2/c21-15(22)20-7-5-19(6-8-20)12-2-4-16-11-9-18-14-10(13(11)12)1-3-17-14/h1-4,9H,5-8H2,(H,17,18)(H,21,22). The van der Waals surface area contributed by atoms with Crippen LogP contribution in [0.2, 0.25) is 0 Å². The summed E-state index contributed by atoms with van der Waals surface area (Å²) in [7, 11) is 0. The van der Waals surface area contributed by atoms with Gasteiger partial charge in [-0.3, -0.25) is 4.98 Å². The number of rotatable bonds is 1. The Morgan fingerprint density at radius 1 is 1.18 bits per heavy atom. The van der Waals surface area contributed by atoms with Gasteiger partial charge in [-0.1, -0.05) is 0 Å². The average Bonchev–Trinajstić information content (AvgIpc) is 3.03. The third-order valence-corrected chi connectivity index (χ3v) is 4.16. The number of piperazine rings is 1. The number of amides is 1. The summed E-state index contributed by atoms with van der Waals surface area (Å²) in [4.78, 5) is 26.6. The maximum Gasteiger partial charge on any atom is 0.407 e. The molecule has 0 spiro atoms. The Labute approximate surface area is 126 Å². The maximum atomic E-state index is 11.0. The third kappa shape index (κ3) is 1.93. The second kappa shape index (κ2) is 4.87. The Balaban J connectivity index is 1.79. The number of aromatic nitrogens is 3. The lowest BCUT2D eigenvalue weighted by atomic mass is 10.1. The van der Waals surface area contributed by atoms with Crippen LogP contribution in [-0.4, -0.2) is 57.2 Å². The average molecular weight is 297 g/mol. The smallest absolute Gasteiger partial charge is 0.407 e. The number of H-pyrrole nitrogens is 1. The van der Waals surface area contributed by atoms with E-state index in [4.69, 9.17) is 5.11 Å². The van der Waals surface area contributed by atoms with Crippen LogP contribution in [0.15, 0.2) is 30.7 Å². The number of carbonyl (C=O) groups is 1. The molecule has 1 fully saturated rings. The molecule has 0 bridgehead atoms. The van der Waals surface area contributed by atoms with Crippen LogP contribution in [0.5, 0.6) is 0 Å². The molecule has 4 heterocycles. The highest BCUT2D eigenvalue weighted by atomic mass is 16.4. The van der Waals surface area contributed by atoms with Crippen LogP contribution in [0, 0.1) is 0 Å². The highest BCUT2D eigenvalue weighted by molar-refractivity contribution is 6.09. The first kappa shape index (κ1) is 12.9. The highest BCUT2D eigenvalue weighted by Gasteiger charge is 2.22. The quantitative estimate of drug-likeness (QED) is 0.716. The van der Waals surface area contributed by atoms with Gasteiger partial charge in [0, 0.05) is 55.0 Å². The zero-order valence-corrected chi connectivity index (χ0v) is 11.9. The fourth-order valence-corrected chi connectivity index (χ4v) is 3.04. The zero-order chi connectivity index (χ0) is 15.1. The topological polar surface area (TPSA) is 85.3 Å². The van der Waals surface area contributed by atoms with Crippen LogP contribution in [-0.2, 0) is 0 Å². The van der Waals surface area contributed by atoms with E-state index in [-0.39, 0.29) is 0 Å². The molecule has 1 aliphatic heterocycles. The van der Waals surface area contributed by atoms with Crippen molar-refractivity contribution < 1.29 is 9.90 Å².